The van der Waals surface area contributed by atoms with Crippen molar-refractivity contribution in [2.45, 2.75) is 20.3 Å². The van der Waals surface area contributed by atoms with Crippen LogP contribution in [-0.4, -0.2) is 21.1 Å². The SMILES string of the molecule is Cc1ccc(Cc2nnc(NC(=O)c3cccnc3)o2)c(C)c1. The predicted molar refractivity (Wildman–Crippen MR) is 85.2 cm³/mol. The van der Waals surface area contributed by atoms with Gasteiger partial charge in [-0.25, -0.2) is 0 Å². The van der Waals surface area contributed by atoms with Crippen molar-refractivity contribution in [1.82, 2.24) is 15.2 Å². The second kappa shape index (κ2) is 6.39. The van der Waals surface area contributed by atoms with Crippen LogP contribution in [0.25, 0.3) is 0 Å². The summed E-state index contributed by atoms with van der Waals surface area (Å²) in [6, 6.07) is 9.63. The fourth-order valence-electron chi connectivity index (χ4n) is 2.25. The van der Waals surface area contributed by atoms with Crippen LogP contribution in [0.3, 0.4) is 0 Å². The molecule has 1 amide bonds. The van der Waals surface area contributed by atoms with Crippen LogP contribution in [0.4, 0.5) is 6.01 Å². The monoisotopic (exact) mass is 308 g/mol. The number of amides is 1. The van der Waals surface area contributed by atoms with E-state index < -0.39 is 0 Å². The number of hydrogen-bond acceptors (Lipinski definition) is 5. The molecule has 23 heavy (non-hydrogen) atoms. The van der Waals surface area contributed by atoms with Crippen LogP contribution in [0.1, 0.15) is 32.9 Å². The highest BCUT2D eigenvalue weighted by Gasteiger charge is 2.12. The average molecular weight is 308 g/mol. The number of pyridine rings is 1. The fraction of sp³-hybridized carbons (Fsp3) is 0.176. The topological polar surface area (TPSA) is 80.9 Å². The number of rotatable bonds is 4. The molecule has 1 aromatic carbocycles. The van der Waals surface area contributed by atoms with Crippen molar-refractivity contribution in [3.63, 3.8) is 0 Å². The molecule has 0 saturated heterocycles. The highest BCUT2D eigenvalue weighted by molar-refractivity contribution is 6.02. The van der Waals surface area contributed by atoms with Crippen LogP contribution in [0, 0.1) is 13.8 Å². The maximum absolute atomic E-state index is 12.0. The Balaban J connectivity index is 1.70. The van der Waals surface area contributed by atoms with E-state index in [0.29, 0.717) is 17.9 Å². The number of hydrogen-bond donors (Lipinski definition) is 1. The molecule has 3 rings (SSSR count). The average Bonchev–Trinajstić information content (AvgIpc) is 2.98. The largest absolute Gasteiger partial charge is 0.407 e. The number of anilines is 1. The molecule has 0 aliphatic carbocycles. The van der Waals surface area contributed by atoms with Gasteiger partial charge in [0.05, 0.1) is 12.0 Å². The maximum Gasteiger partial charge on any atom is 0.322 e. The first-order chi connectivity index (χ1) is 11.1. The maximum atomic E-state index is 12.0. The minimum Gasteiger partial charge on any atom is -0.407 e. The Morgan fingerprint density at radius 2 is 2.09 bits per heavy atom. The molecule has 0 atom stereocenters. The highest BCUT2D eigenvalue weighted by Crippen LogP contribution is 2.16. The molecule has 0 aliphatic rings. The van der Waals surface area contributed by atoms with Crippen molar-refractivity contribution in [2.24, 2.45) is 0 Å². The van der Waals surface area contributed by atoms with E-state index in [4.69, 9.17) is 4.42 Å². The number of benzene rings is 1. The second-order valence-electron chi connectivity index (χ2n) is 5.30. The molecular weight excluding hydrogens is 292 g/mol. The van der Waals surface area contributed by atoms with Crippen LogP contribution in [-0.2, 0) is 6.42 Å². The van der Waals surface area contributed by atoms with Crippen molar-refractivity contribution >= 4 is 11.9 Å². The van der Waals surface area contributed by atoms with Crippen LogP contribution in [0.2, 0.25) is 0 Å². The van der Waals surface area contributed by atoms with Crippen LogP contribution in [0.5, 0.6) is 0 Å². The van der Waals surface area contributed by atoms with Gasteiger partial charge in [0.1, 0.15) is 0 Å². The van der Waals surface area contributed by atoms with Gasteiger partial charge < -0.3 is 4.42 Å². The zero-order valence-electron chi connectivity index (χ0n) is 12.9. The number of carbonyl (C=O) groups excluding carboxylic acids is 1. The Bertz CT molecular complexity index is 828. The van der Waals surface area contributed by atoms with Crippen molar-refractivity contribution in [3.05, 3.63) is 70.9 Å². The van der Waals surface area contributed by atoms with Gasteiger partial charge in [0, 0.05) is 12.4 Å². The minimum absolute atomic E-state index is 0.0821. The Hall–Kier alpha value is -3.02. The standard InChI is InChI=1S/C17H16N4O2/c1-11-5-6-13(12(2)8-11)9-15-20-21-17(23-15)19-16(22)14-4-3-7-18-10-14/h3-8,10H,9H2,1-2H3,(H,19,21,22). The first kappa shape index (κ1) is 14.9. The van der Waals surface area contributed by atoms with Crippen molar-refractivity contribution in [2.75, 3.05) is 5.32 Å². The zero-order chi connectivity index (χ0) is 16.2. The second-order valence-corrected chi connectivity index (χ2v) is 5.30. The zero-order valence-corrected chi connectivity index (χ0v) is 12.9. The molecule has 2 heterocycles. The fourth-order valence-corrected chi connectivity index (χ4v) is 2.25. The lowest BCUT2D eigenvalue weighted by Crippen LogP contribution is -2.12. The van der Waals surface area contributed by atoms with Crippen molar-refractivity contribution in [3.8, 4) is 0 Å². The van der Waals surface area contributed by atoms with E-state index >= 15 is 0 Å². The van der Waals surface area contributed by atoms with Gasteiger partial charge in [0.2, 0.25) is 5.89 Å². The molecule has 0 radical (unpaired) electrons. The van der Waals surface area contributed by atoms with Gasteiger partial charge in [-0.1, -0.05) is 28.9 Å². The molecule has 0 unspecified atom stereocenters. The lowest BCUT2D eigenvalue weighted by atomic mass is 10.0. The summed E-state index contributed by atoms with van der Waals surface area (Å²) >= 11 is 0. The van der Waals surface area contributed by atoms with Gasteiger partial charge in [-0.15, -0.1) is 5.10 Å². The summed E-state index contributed by atoms with van der Waals surface area (Å²) in [6.07, 6.45) is 3.61. The summed E-state index contributed by atoms with van der Waals surface area (Å²) < 4.78 is 5.49. The van der Waals surface area contributed by atoms with Crippen LogP contribution in [0.15, 0.2) is 47.1 Å². The Morgan fingerprint density at radius 3 is 2.83 bits per heavy atom. The third-order valence-electron chi connectivity index (χ3n) is 3.45. The summed E-state index contributed by atoms with van der Waals surface area (Å²) in [7, 11) is 0. The van der Waals surface area contributed by atoms with E-state index in [1.807, 2.05) is 19.1 Å². The molecule has 3 aromatic rings. The normalized spacial score (nSPS) is 10.5. The lowest BCUT2D eigenvalue weighted by molar-refractivity contribution is 0.102. The van der Waals surface area contributed by atoms with Gasteiger partial charge in [0.25, 0.3) is 5.91 Å². The molecule has 0 fully saturated rings. The van der Waals surface area contributed by atoms with E-state index in [0.717, 1.165) is 5.56 Å². The first-order valence-corrected chi connectivity index (χ1v) is 7.22. The third kappa shape index (κ3) is 3.60. The van der Waals surface area contributed by atoms with Gasteiger partial charge in [0.15, 0.2) is 0 Å². The van der Waals surface area contributed by atoms with Crippen molar-refractivity contribution in [1.29, 1.82) is 0 Å². The molecule has 0 aliphatic heterocycles. The van der Waals surface area contributed by atoms with Gasteiger partial charge in [-0.05, 0) is 37.1 Å². The molecule has 116 valence electrons. The van der Waals surface area contributed by atoms with E-state index in [2.05, 4.69) is 33.5 Å². The summed E-state index contributed by atoms with van der Waals surface area (Å²) in [6.45, 7) is 4.10. The smallest absolute Gasteiger partial charge is 0.322 e. The molecule has 0 spiro atoms. The quantitative estimate of drug-likeness (QED) is 0.801. The van der Waals surface area contributed by atoms with E-state index in [-0.39, 0.29) is 11.9 Å². The van der Waals surface area contributed by atoms with Crippen LogP contribution >= 0.6 is 0 Å². The molecule has 0 saturated carbocycles. The number of nitrogens with zero attached hydrogens (tertiary/aromatic N) is 3. The van der Waals surface area contributed by atoms with Gasteiger partial charge in [-0.2, -0.15) is 0 Å². The number of carbonyl (C=O) groups is 1. The summed E-state index contributed by atoms with van der Waals surface area (Å²) in [5.74, 6) is 0.123. The van der Waals surface area contributed by atoms with Gasteiger partial charge in [-0.3, -0.25) is 15.1 Å². The minimum atomic E-state index is -0.334. The first-order valence-electron chi connectivity index (χ1n) is 7.22. The summed E-state index contributed by atoms with van der Waals surface area (Å²) in [5, 5.41) is 10.4. The highest BCUT2D eigenvalue weighted by atomic mass is 16.4. The number of nitrogens with one attached hydrogen (secondary N) is 1. The Labute approximate surface area is 133 Å². The molecule has 2 aromatic heterocycles. The molecule has 1 N–H and O–H groups in total. The Kier molecular flexibility index (Phi) is 4.14. The van der Waals surface area contributed by atoms with Crippen LogP contribution < -0.4 is 5.32 Å². The number of aromatic nitrogens is 3. The molecule has 6 nitrogen and oxygen atoms in total. The molecule has 0 bridgehead atoms. The van der Waals surface area contributed by atoms with E-state index in [1.54, 1.807) is 18.3 Å². The number of aryl methyl sites for hydroxylation is 2. The Morgan fingerprint density at radius 1 is 1.22 bits per heavy atom. The summed E-state index contributed by atoms with van der Waals surface area (Å²) in [4.78, 5) is 15.9. The van der Waals surface area contributed by atoms with Crippen molar-refractivity contribution < 1.29 is 9.21 Å². The predicted octanol–water partition coefficient (Wildman–Crippen LogP) is 2.92. The van der Waals surface area contributed by atoms with Gasteiger partial charge >= 0.3 is 6.01 Å². The molecular formula is C17H16N4O2. The van der Waals surface area contributed by atoms with E-state index in [9.17, 15) is 4.79 Å². The lowest BCUT2D eigenvalue weighted by Gasteiger charge is -2.03. The third-order valence-corrected chi connectivity index (χ3v) is 3.45. The summed E-state index contributed by atoms with van der Waals surface area (Å²) in [5.41, 5.74) is 3.93. The molecule has 6 heteroatoms. The van der Waals surface area contributed by atoms with E-state index in [1.165, 1.54) is 17.3 Å².